The van der Waals surface area contributed by atoms with Crippen molar-refractivity contribution in [3.63, 3.8) is 0 Å². The Morgan fingerprint density at radius 1 is 1.75 bits per heavy atom. The molecule has 2 heteroatoms. The topological polar surface area (TPSA) is 15.6 Å². The van der Waals surface area contributed by atoms with Crippen molar-refractivity contribution in [1.82, 2.24) is 4.90 Å². The number of aliphatic imine (C=N–C) groups is 1. The molecule has 1 rings (SSSR count). The lowest BCUT2D eigenvalue weighted by molar-refractivity contribution is 0.679. The van der Waals surface area contributed by atoms with Crippen molar-refractivity contribution in [2.45, 2.75) is 6.92 Å². The molecule has 2 nitrogen and oxygen atoms in total. The smallest absolute Gasteiger partial charge is 0.106 e. The highest BCUT2D eigenvalue weighted by atomic mass is 15.1. The third kappa shape index (κ3) is 0.796. The Kier molecular flexibility index (Phi) is 1.18. The third-order valence-corrected chi connectivity index (χ3v) is 1.10. The molecule has 0 saturated carbocycles. The summed E-state index contributed by atoms with van der Waals surface area (Å²) < 4.78 is 0. The second-order valence-corrected chi connectivity index (χ2v) is 1.71. The molecule has 1 aliphatic heterocycles. The predicted octanol–water partition coefficient (Wildman–Crippen LogP) is 0.977. The van der Waals surface area contributed by atoms with Crippen LogP contribution in [0.5, 0.6) is 0 Å². The molecular formula is C6H8N2. The molecule has 0 fully saturated rings. The van der Waals surface area contributed by atoms with Crippen LogP contribution in [0, 0.1) is 0 Å². The molecule has 0 aromatic rings. The van der Waals surface area contributed by atoms with Crippen LogP contribution in [-0.2, 0) is 0 Å². The Hall–Kier alpha value is -1.01. The van der Waals surface area contributed by atoms with Crippen molar-refractivity contribution < 1.29 is 0 Å². The summed E-state index contributed by atoms with van der Waals surface area (Å²) in [7, 11) is 1.94. The minimum atomic E-state index is 1.00. The Morgan fingerprint density at radius 3 is 2.88 bits per heavy atom. The molecule has 0 radical (unpaired) electrons. The number of hydrogen-bond donors (Lipinski definition) is 0. The summed E-state index contributed by atoms with van der Waals surface area (Å²) in [6.45, 7) is 1.95. The quantitative estimate of drug-likeness (QED) is 0.422. The van der Waals surface area contributed by atoms with Crippen LogP contribution in [0.1, 0.15) is 6.92 Å². The van der Waals surface area contributed by atoms with Crippen molar-refractivity contribution in [2.24, 2.45) is 4.99 Å². The van der Waals surface area contributed by atoms with E-state index in [0.29, 0.717) is 0 Å². The minimum absolute atomic E-state index is 1.00. The number of hydrogen-bond acceptors (Lipinski definition) is 2. The predicted molar refractivity (Wildman–Crippen MR) is 33.5 cm³/mol. The lowest BCUT2D eigenvalue weighted by Crippen LogP contribution is -2.17. The van der Waals surface area contributed by atoms with E-state index in [0.717, 1.165) is 5.84 Å². The van der Waals surface area contributed by atoms with Crippen LogP contribution in [0.15, 0.2) is 23.1 Å². The van der Waals surface area contributed by atoms with Crippen LogP contribution in [0.25, 0.3) is 0 Å². The largest absolute Gasteiger partial charge is 0.333 e. The maximum Gasteiger partial charge on any atom is 0.106 e. The SMILES string of the molecule is CC1=NC=C=CN1C. The average Bonchev–Trinajstić information content (AvgIpc) is 1.77. The molecule has 0 saturated heterocycles. The molecule has 1 heterocycles. The molecule has 0 aromatic carbocycles. The van der Waals surface area contributed by atoms with Crippen LogP contribution in [0.4, 0.5) is 0 Å². The summed E-state index contributed by atoms with van der Waals surface area (Å²) in [5, 5.41) is 0. The van der Waals surface area contributed by atoms with Crippen molar-refractivity contribution in [3.05, 3.63) is 18.1 Å². The third-order valence-electron chi connectivity index (χ3n) is 1.10. The van der Waals surface area contributed by atoms with Crippen LogP contribution >= 0.6 is 0 Å². The minimum Gasteiger partial charge on any atom is -0.333 e. The van der Waals surface area contributed by atoms with E-state index in [1.165, 1.54) is 0 Å². The molecule has 42 valence electrons. The van der Waals surface area contributed by atoms with Crippen LogP contribution in [0.2, 0.25) is 0 Å². The standard InChI is InChI=1S/C6H8N2/c1-6-7-4-3-5-8(6)2/h4-5H,1-2H3. The average molecular weight is 108 g/mol. The molecule has 0 N–H and O–H groups in total. The summed E-state index contributed by atoms with van der Waals surface area (Å²) in [6, 6.07) is 0. The zero-order valence-electron chi connectivity index (χ0n) is 5.05. The van der Waals surface area contributed by atoms with Crippen molar-refractivity contribution in [1.29, 1.82) is 0 Å². The van der Waals surface area contributed by atoms with Gasteiger partial charge in [-0.15, -0.1) is 0 Å². The fraction of sp³-hybridized carbons (Fsp3) is 0.333. The van der Waals surface area contributed by atoms with Crippen molar-refractivity contribution in [2.75, 3.05) is 7.05 Å². The van der Waals surface area contributed by atoms with E-state index in [-0.39, 0.29) is 0 Å². The van der Waals surface area contributed by atoms with E-state index in [4.69, 9.17) is 0 Å². The van der Waals surface area contributed by atoms with Gasteiger partial charge in [0.15, 0.2) is 0 Å². The van der Waals surface area contributed by atoms with Gasteiger partial charge in [-0.05, 0) is 6.92 Å². The van der Waals surface area contributed by atoms with Gasteiger partial charge in [0.2, 0.25) is 0 Å². The maximum absolute atomic E-state index is 3.99. The summed E-state index contributed by atoms with van der Waals surface area (Å²) in [5.74, 6) is 1.00. The molecule has 0 aliphatic carbocycles. The summed E-state index contributed by atoms with van der Waals surface area (Å²) in [4.78, 5) is 5.90. The van der Waals surface area contributed by atoms with Gasteiger partial charge in [-0.2, -0.15) is 0 Å². The molecular weight excluding hydrogens is 100 g/mol. The summed E-state index contributed by atoms with van der Waals surface area (Å²) >= 11 is 0. The van der Waals surface area contributed by atoms with Gasteiger partial charge in [-0.25, -0.2) is 4.99 Å². The Morgan fingerprint density at radius 2 is 2.50 bits per heavy atom. The van der Waals surface area contributed by atoms with Crippen LogP contribution < -0.4 is 0 Å². The Bertz CT molecular complexity index is 173. The molecule has 0 aromatic heterocycles. The lowest BCUT2D eigenvalue weighted by Gasteiger charge is -2.11. The molecule has 0 bridgehead atoms. The van der Waals surface area contributed by atoms with E-state index in [1.54, 1.807) is 6.20 Å². The fourth-order valence-electron chi connectivity index (χ4n) is 0.460. The van der Waals surface area contributed by atoms with Gasteiger partial charge in [0.25, 0.3) is 0 Å². The van der Waals surface area contributed by atoms with Crippen LogP contribution in [-0.4, -0.2) is 17.8 Å². The zero-order chi connectivity index (χ0) is 5.98. The van der Waals surface area contributed by atoms with E-state index in [1.807, 2.05) is 25.1 Å². The number of rotatable bonds is 0. The molecule has 0 spiro atoms. The molecule has 0 atom stereocenters. The van der Waals surface area contributed by atoms with Gasteiger partial charge in [0.1, 0.15) is 5.84 Å². The van der Waals surface area contributed by atoms with Gasteiger partial charge >= 0.3 is 0 Å². The van der Waals surface area contributed by atoms with E-state index >= 15 is 0 Å². The molecule has 0 unspecified atom stereocenters. The normalized spacial score (nSPS) is 16.8. The first-order chi connectivity index (χ1) is 3.80. The Labute approximate surface area is 48.8 Å². The second-order valence-electron chi connectivity index (χ2n) is 1.71. The first-order valence-corrected chi connectivity index (χ1v) is 2.49. The first kappa shape index (κ1) is 5.13. The van der Waals surface area contributed by atoms with E-state index < -0.39 is 0 Å². The Balaban J connectivity index is 2.86. The van der Waals surface area contributed by atoms with Gasteiger partial charge in [0.05, 0.1) is 6.20 Å². The first-order valence-electron chi connectivity index (χ1n) is 2.49. The second kappa shape index (κ2) is 1.85. The van der Waals surface area contributed by atoms with Crippen LogP contribution in [0.3, 0.4) is 0 Å². The number of nitrogens with zero attached hydrogens (tertiary/aromatic N) is 2. The molecule has 1 aliphatic rings. The van der Waals surface area contributed by atoms with Crippen molar-refractivity contribution in [3.8, 4) is 0 Å². The van der Waals surface area contributed by atoms with E-state index in [9.17, 15) is 0 Å². The van der Waals surface area contributed by atoms with Gasteiger partial charge in [-0.3, -0.25) is 0 Å². The monoisotopic (exact) mass is 108 g/mol. The lowest BCUT2D eigenvalue weighted by atomic mass is 10.5. The molecule has 0 amide bonds. The van der Waals surface area contributed by atoms with Gasteiger partial charge in [-0.1, -0.05) is 5.73 Å². The molecule has 8 heavy (non-hydrogen) atoms. The number of amidine groups is 1. The summed E-state index contributed by atoms with van der Waals surface area (Å²) in [5.41, 5.74) is 2.85. The van der Waals surface area contributed by atoms with Gasteiger partial charge < -0.3 is 4.90 Å². The van der Waals surface area contributed by atoms with E-state index in [2.05, 4.69) is 10.7 Å². The maximum atomic E-state index is 3.99. The highest BCUT2D eigenvalue weighted by molar-refractivity contribution is 5.81. The zero-order valence-corrected chi connectivity index (χ0v) is 5.05. The fourth-order valence-corrected chi connectivity index (χ4v) is 0.460. The summed E-state index contributed by atoms with van der Waals surface area (Å²) in [6.07, 6.45) is 3.51. The highest BCUT2D eigenvalue weighted by Gasteiger charge is 1.94. The highest BCUT2D eigenvalue weighted by Crippen LogP contribution is 1.92. The van der Waals surface area contributed by atoms with Crippen molar-refractivity contribution >= 4 is 5.84 Å². The van der Waals surface area contributed by atoms with Gasteiger partial charge in [0, 0.05) is 13.2 Å².